The minimum absolute atomic E-state index is 0.00408. The molecule has 0 saturated heterocycles. The summed E-state index contributed by atoms with van der Waals surface area (Å²) in [5.74, 6) is 0.192. The molecule has 1 aliphatic rings. The maximum absolute atomic E-state index is 12.4. The van der Waals surface area contributed by atoms with Crippen LogP contribution in [-0.4, -0.2) is 57.4 Å². The van der Waals surface area contributed by atoms with Crippen molar-refractivity contribution in [1.29, 1.82) is 0 Å². The fraction of sp³-hybridized carbons (Fsp3) is 0.923. The summed E-state index contributed by atoms with van der Waals surface area (Å²) in [4.78, 5) is 14.3. The molecule has 0 aromatic heterocycles. The zero-order valence-corrected chi connectivity index (χ0v) is 11.6. The Labute approximate surface area is 110 Å². The van der Waals surface area contributed by atoms with E-state index in [4.69, 9.17) is 15.2 Å². The molecule has 5 heteroatoms. The smallest absolute Gasteiger partial charge is 0.227 e. The Morgan fingerprint density at radius 2 is 1.94 bits per heavy atom. The Kier molecular flexibility index (Phi) is 7.23. The molecule has 1 aliphatic carbocycles. The third-order valence-electron chi connectivity index (χ3n) is 3.54. The summed E-state index contributed by atoms with van der Waals surface area (Å²) in [5, 5.41) is 0. The van der Waals surface area contributed by atoms with Gasteiger partial charge in [0.1, 0.15) is 0 Å². The first-order chi connectivity index (χ1) is 8.70. The maximum Gasteiger partial charge on any atom is 0.227 e. The van der Waals surface area contributed by atoms with Crippen LogP contribution in [0.1, 0.15) is 25.7 Å². The van der Waals surface area contributed by atoms with Crippen molar-refractivity contribution in [1.82, 2.24) is 4.90 Å². The molecule has 1 saturated carbocycles. The van der Waals surface area contributed by atoms with Crippen molar-refractivity contribution >= 4 is 5.91 Å². The van der Waals surface area contributed by atoms with Gasteiger partial charge >= 0.3 is 0 Å². The second kappa shape index (κ2) is 8.45. The molecule has 0 bridgehead atoms. The summed E-state index contributed by atoms with van der Waals surface area (Å²) < 4.78 is 10.1. The fourth-order valence-corrected chi connectivity index (χ4v) is 2.46. The maximum atomic E-state index is 12.4. The van der Waals surface area contributed by atoms with E-state index < -0.39 is 0 Å². The van der Waals surface area contributed by atoms with Crippen LogP contribution in [0.25, 0.3) is 0 Å². The Hall–Kier alpha value is -0.650. The summed E-state index contributed by atoms with van der Waals surface area (Å²) in [6.45, 7) is 2.61. The zero-order chi connectivity index (χ0) is 13.4. The topological polar surface area (TPSA) is 64.8 Å². The number of carbonyl (C=O) groups is 1. The molecular formula is C13H26N2O3. The molecule has 0 heterocycles. The van der Waals surface area contributed by atoms with Crippen molar-refractivity contribution in [3.8, 4) is 0 Å². The minimum atomic E-state index is 0.00408. The van der Waals surface area contributed by atoms with Crippen molar-refractivity contribution in [3.63, 3.8) is 0 Å². The van der Waals surface area contributed by atoms with Gasteiger partial charge in [0.2, 0.25) is 5.91 Å². The third-order valence-corrected chi connectivity index (χ3v) is 3.54. The van der Waals surface area contributed by atoms with E-state index in [9.17, 15) is 4.79 Å². The molecule has 0 aromatic carbocycles. The number of nitrogens with two attached hydrogens (primary N) is 1. The molecule has 0 aliphatic heterocycles. The number of amides is 1. The Bertz CT molecular complexity index is 248. The van der Waals surface area contributed by atoms with Gasteiger partial charge in [-0.05, 0) is 19.3 Å². The van der Waals surface area contributed by atoms with Crippen LogP contribution in [0.3, 0.4) is 0 Å². The SMILES string of the molecule is COCCCN(CCOC)C(=O)C1CCCC1N. The third kappa shape index (κ3) is 4.55. The number of rotatable bonds is 8. The first kappa shape index (κ1) is 15.4. The molecule has 0 radical (unpaired) electrons. The first-order valence-electron chi connectivity index (χ1n) is 6.73. The van der Waals surface area contributed by atoms with Crippen LogP contribution in [0, 0.1) is 5.92 Å². The number of carbonyl (C=O) groups excluding carboxylic acids is 1. The van der Waals surface area contributed by atoms with Crippen LogP contribution in [0.2, 0.25) is 0 Å². The molecule has 2 atom stereocenters. The van der Waals surface area contributed by atoms with Crippen LogP contribution in [0.5, 0.6) is 0 Å². The molecule has 5 nitrogen and oxygen atoms in total. The summed E-state index contributed by atoms with van der Waals surface area (Å²) in [7, 11) is 3.33. The van der Waals surface area contributed by atoms with Crippen LogP contribution < -0.4 is 5.73 Å². The number of ether oxygens (including phenoxy) is 2. The normalized spacial score (nSPS) is 23.3. The largest absolute Gasteiger partial charge is 0.385 e. The highest BCUT2D eigenvalue weighted by Crippen LogP contribution is 2.25. The minimum Gasteiger partial charge on any atom is -0.385 e. The molecule has 0 spiro atoms. The van der Waals surface area contributed by atoms with Crippen molar-refractivity contribution in [2.24, 2.45) is 11.7 Å². The van der Waals surface area contributed by atoms with E-state index in [0.717, 1.165) is 32.2 Å². The molecule has 1 fully saturated rings. The fourth-order valence-electron chi connectivity index (χ4n) is 2.46. The standard InChI is InChI=1S/C13H26N2O3/c1-17-9-4-7-15(8-10-18-2)13(16)11-5-3-6-12(11)14/h11-12H,3-10,14H2,1-2H3. The number of methoxy groups -OCH3 is 2. The van der Waals surface area contributed by atoms with Crippen molar-refractivity contribution in [2.75, 3.05) is 40.5 Å². The molecule has 106 valence electrons. The lowest BCUT2D eigenvalue weighted by molar-refractivity contribution is -0.136. The molecule has 0 aromatic rings. The summed E-state index contributed by atoms with van der Waals surface area (Å²) >= 11 is 0. The molecule has 1 rings (SSSR count). The zero-order valence-electron chi connectivity index (χ0n) is 11.6. The number of hydrogen-bond acceptors (Lipinski definition) is 4. The second-order valence-electron chi connectivity index (χ2n) is 4.87. The lowest BCUT2D eigenvalue weighted by Crippen LogP contribution is -2.43. The molecule has 18 heavy (non-hydrogen) atoms. The molecular weight excluding hydrogens is 232 g/mol. The lowest BCUT2D eigenvalue weighted by atomic mass is 10.0. The average Bonchev–Trinajstić information content (AvgIpc) is 2.79. The Morgan fingerprint density at radius 3 is 2.50 bits per heavy atom. The van der Waals surface area contributed by atoms with Gasteiger partial charge in [-0.1, -0.05) is 6.42 Å². The quantitative estimate of drug-likeness (QED) is 0.648. The van der Waals surface area contributed by atoms with Gasteiger partial charge in [0, 0.05) is 40.0 Å². The second-order valence-corrected chi connectivity index (χ2v) is 4.87. The van der Waals surface area contributed by atoms with Gasteiger partial charge in [0.05, 0.1) is 12.5 Å². The average molecular weight is 258 g/mol. The summed E-state index contributed by atoms with van der Waals surface area (Å²) in [6, 6.07) is 0.0324. The first-order valence-corrected chi connectivity index (χ1v) is 6.73. The molecule has 2 N–H and O–H groups in total. The van der Waals surface area contributed by atoms with E-state index in [2.05, 4.69) is 0 Å². The van der Waals surface area contributed by atoms with Crippen molar-refractivity contribution in [3.05, 3.63) is 0 Å². The van der Waals surface area contributed by atoms with Crippen LogP contribution >= 0.6 is 0 Å². The van der Waals surface area contributed by atoms with E-state index in [1.807, 2.05) is 4.90 Å². The van der Waals surface area contributed by atoms with E-state index in [-0.39, 0.29) is 17.9 Å². The van der Waals surface area contributed by atoms with Gasteiger partial charge in [-0.15, -0.1) is 0 Å². The monoisotopic (exact) mass is 258 g/mol. The van der Waals surface area contributed by atoms with Gasteiger partial charge in [0.15, 0.2) is 0 Å². The molecule has 1 amide bonds. The number of nitrogens with zero attached hydrogens (tertiary/aromatic N) is 1. The summed E-state index contributed by atoms with van der Waals surface area (Å²) in [6.07, 6.45) is 3.81. The highest BCUT2D eigenvalue weighted by molar-refractivity contribution is 5.79. The van der Waals surface area contributed by atoms with Gasteiger partial charge in [-0.25, -0.2) is 0 Å². The van der Waals surface area contributed by atoms with Gasteiger partial charge in [0.25, 0.3) is 0 Å². The van der Waals surface area contributed by atoms with Crippen LogP contribution in [0.4, 0.5) is 0 Å². The highest BCUT2D eigenvalue weighted by atomic mass is 16.5. The number of hydrogen-bond donors (Lipinski definition) is 1. The van der Waals surface area contributed by atoms with E-state index in [1.165, 1.54) is 0 Å². The van der Waals surface area contributed by atoms with Gasteiger partial charge in [-0.3, -0.25) is 4.79 Å². The van der Waals surface area contributed by atoms with E-state index in [0.29, 0.717) is 19.8 Å². The lowest BCUT2D eigenvalue weighted by Gasteiger charge is -2.27. The van der Waals surface area contributed by atoms with Gasteiger partial charge < -0.3 is 20.1 Å². The highest BCUT2D eigenvalue weighted by Gasteiger charge is 2.32. The van der Waals surface area contributed by atoms with E-state index >= 15 is 0 Å². The van der Waals surface area contributed by atoms with Crippen LogP contribution in [-0.2, 0) is 14.3 Å². The Morgan fingerprint density at radius 1 is 1.22 bits per heavy atom. The predicted octanol–water partition coefficient (Wildman–Crippen LogP) is 0.625. The van der Waals surface area contributed by atoms with Crippen LogP contribution in [0.15, 0.2) is 0 Å². The van der Waals surface area contributed by atoms with Gasteiger partial charge in [-0.2, -0.15) is 0 Å². The van der Waals surface area contributed by atoms with Crippen molar-refractivity contribution in [2.45, 2.75) is 31.7 Å². The summed E-state index contributed by atoms with van der Waals surface area (Å²) in [5.41, 5.74) is 6.00. The molecule has 2 unspecified atom stereocenters. The Balaban J connectivity index is 2.48. The van der Waals surface area contributed by atoms with E-state index in [1.54, 1.807) is 14.2 Å². The predicted molar refractivity (Wildman–Crippen MR) is 70.3 cm³/mol. The van der Waals surface area contributed by atoms with Crippen molar-refractivity contribution < 1.29 is 14.3 Å².